The van der Waals surface area contributed by atoms with Crippen molar-refractivity contribution in [2.75, 3.05) is 6.54 Å². The summed E-state index contributed by atoms with van der Waals surface area (Å²) in [5.74, 6) is 0.559. The summed E-state index contributed by atoms with van der Waals surface area (Å²) in [7, 11) is 0. The standard InChI is InChI=1S/C17H22ClN3/c1-13-5-2-3-8-17(13,11-19)21-12-20-10-16(21)14-6-4-7-15(18)9-14/h4,6-7,9-10,12-13H,2-3,5,8,11,19H2,1H3. The number of hydrogen-bond acceptors (Lipinski definition) is 2. The molecule has 2 N–H and O–H groups in total. The molecule has 0 aliphatic heterocycles. The van der Waals surface area contributed by atoms with Gasteiger partial charge >= 0.3 is 0 Å². The van der Waals surface area contributed by atoms with Crippen molar-refractivity contribution in [3.63, 3.8) is 0 Å². The van der Waals surface area contributed by atoms with Crippen LogP contribution in [0, 0.1) is 5.92 Å². The Bertz CT molecular complexity index is 622. The number of nitrogens with zero attached hydrogens (tertiary/aromatic N) is 2. The fourth-order valence-corrected chi connectivity index (χ4v) is 3.86. The van der Waals surface area contributed by atoms with Crippen molar-refractivity contribution in [1.82, 2.24) is 9.55 Å². The molecule has 2 aromatic rings. The summed E-state index contributed by atoms with van der Waals surface area (Å²) in [6.45, 7) is 2.96. The number of halogens is 1. The third kappa shape index (κ3) is 2.49. The summed E-state index contributed by atoms with van der Waals surface area (Å²) >= 11 is 6.14. The number of rotatable bonds is 3. The van der Waals surface area contributed by atoms with Crippen molar-refractivity contribution >= 4 is 11.6 Å². The summed E-state index contributed by atoms with van der Waals surface area (Å²) in [4.78, 5) is 4.40. The smallest absolute Gasteiger partial charge is 0.0956 e. The average molecular weight is 304 g/mol. The third-order valence-electron chi connectivity index (χ3n) is 5.01. The molecule has 4 heteroatoms. The Kier molecular flexibility index (Phi) is 4.05. The Balaban J connectivity index is 2.09. The molecule has 21 heavy (non-hydrogen) atoms. The Morgan fingerprint density at radius 1 is 1.43 bits per heavy atom. The summed E-state index contributed by atoms with van der Waals surface area (Å²) in [5, 5.41) is 0.749. The SMILES string of the molecule is CC1CCCCC1(CN)n1cncc1-c1cccc(Cl)c1. The molecule has 112 valence electrons. The fraction of sp³-hybridized carbons (Fsp3) is 0.471. The lowest BCUT2D eigenvalue weighted by Gasteiger charge is -2.44. The van der Waals surface area contributed by atoms with Gasteiger partial charge in [0.2, 0.25) is 0 Å². The van der Waals surface area contributed by atoms with E-state index in [0.717, 1.165) is 22.7 Å². The number of benzene rings is 1. The van der Waals surface area contributed by atoms with E-state index in [1.807, 2.05) is 30.7 Å². The summed E-state index contributed by atoms with van der Waals surface area (Å²) in [6.07, 6.45) is 8.73. The van der Waals surface area contributed by atoms with Crippen LogP contribution in [0.15, 0.2) is 36.8 Å². The van der Waals surface area contributed by atoms with Crippen molar-refractivity contribution in [2.45, 2.75) is 38.1 Å². The van der Waals surface area contributed by atoms with Crippen LogP contribution in [0.3, 0.4) is 0 Å². The first-order chi connectivity index (χ1) is 10.2. The van der Waals surface area contributed by atoms with E-state index < -0.39 is 0 Å². The van der Waals surface area contributed by atoms with Gasteiger partial charge in [0.1, 0.15) is 0 Å². The minimum Gasteiger partial charge on any atom is -0.328 e. The first-order valence-corrected chi connectivity index (χ1v) is 8.04. The van der Waals surface area contributed by atoms with Gasteiger partial charge in [-0.05, 0) is 30.9 Å². The van der Waals surface area contributed by atoms with Gasteiger partial charge < -0.3 is 10.3 Å². The van der Waals surface area contributed by atoms with Crippen LogP contribution < -0.4 is 5.73 Å². The second-order valence-corrected chi connectivity index (χ2v) is 6.55. The minimum atomic E-state index is -0.0214. The normalized spacial score (nSPS) is 26.0. The third-order valence-corrected chi connectivity index (χ3v) is 5.24. The molecular formula is C17H22ClN3. The Hall–Kier alpha value is -1.32. The van der Waals surface area contributed by atoms with E-state index in [0.29, 0.717) is 12.5 Å². The zero-order chi connectivity index (χ0) is 14.9. The zero-order valence-corrected chi connectivity index (χ0v) is 13.2. The van der Waals surface area contributed by atoms with Gasteiger partial charge in [-0.3, -0.25) is 0 Å². The molecule has 1 aliphatic rings. The number of nitrogens with two attached hydrogens (primary N) is 1. The maximum Gasteiger partial charge on any atom is 0.0956 e. The van der Waals surface area contributed by atoms with Crippen molar-refractivity contribution in [3.05, 3.63) is 41.8 Å². The molecule has 2 atom stereocenters. The molecular weight excluding hydrogens is 282 g/mol. The van der Waals surface area contributed by atoms with Gasteiger partial charge in [-0.1, -0.05) is 43.5 Å². The summed E-state index contributed by atoms with van der Waals surface area (Å²) in [5.41, 5.74) is 8.41. The number of aromatic nitrogens is 2. The topological polar surface area (TPSA) is 43.8 Å². The Morgan fingerprint density at radius 3 is 3.00 bits per heavy atom. The number of imidazole rings is 1. The van der Waals surface area contributed by atoms with Gasteiger partial charge in [0.05, 0.1) is 23.8 Å². The highest BCUT2D eigenvalue weighted by Gasteiger charge is 2.39. The van der Waals surface area contributed by atoms with Crippen molar-refractivity contribution in [1.29, 1.82) is 0 Å². The predicted molar refractivity (Wildman–Crippen MR) is 87.3 cm³/mol. The monoisotopic (exact) mass is 303 g/mol. The maximum absolute atomic E-state index is 6.22. The summed E-state index contributed by atoms with van der Waals surface area (Å²) in [6, 6.07) is 7.95. The molecule has 0 amide bonds. The first-order valence-electron chi connectivity index (χ1n) is 7.66. The predicted octanol–water partition coefficient (Wildman–Crippen LogP) is 4.07. The van der Waals surface area contributed by atoms with Crippen LogP contribution >= 0.6 is 11.6 Å². The van der Waals surface area contributed by atoms with Gasteiger partial charge in [0.25, 0.3) is 0 Å². The van der Waals surface area contributed by atoms with E-state index in [1.165, 1.54) is 19.3 Å². The molecule has 1 saturated carbocycles. The molecule has 1 aliphatic carbocycles. The van der Waals surface area contributed by atoms with Crippen LogP contribution in [0.2, 0.25) is 5.02 Å². The molecule has 0 bridgehead atoms. The van der Waals surface area contributed by atoms with E-state index in [2.05, 4.69) is 22.5 Å². The quantitative estimate of drug-likeness (QED) is 0.929. The van der Waals surface area contributed by atoms with Crippen LogP contribution in [0.25, 0.3) is 11.3 Å². The van der Waals surface area contributed by atoms with Crippen LogP contribution in [-0.4, -0.2) is 16.1 Å². The lowest BCUT2D eigenvalue weighted by molar-refractivity contribution is 0.127. The van der Waals surface area contributed by atoms with Crippen molar-refractivity contribution in [3.8, 4) is 11.3 Å². The molecule has 1 aromatic heterocycles. The van der Waals surface area contributed by atoms with Crippen LogP contribution in [-0.2, 0) is 5.54 Å². The minimum absolute atomic E-state index is 0.0214. The summed E-state index contributed by atoms with van der Waals surface area (Å²) < 4.78 is 2.29. The highest BCUT2D eigenvalue weighted by molar-refractivity contribution is 6.30. The first kappa shape index (κ1) is 14.6. The van der Waals surface area contributed by atoms with Crippen LogP contribution in [0.4, 0.5) is 0 Å². The van der Waals surface area contributed by atoms with Gasteiger partial charge in [-0.2, -0.15) is 0 Å². The Morgan fingerprint density at radius 2 is 2.29 bits per heavy atom. The second kappa shape index (κ2) is 5.82. The van der Waals surface area contributed by atoms with Crippen LogP contribution in [0.1, 0.15) is 32.6 Å². The van der Waals surface area contributed by atoms with Gasteiger partial charge in [0.15, 0.2) is 0 Å². The van der Waals surface area contributed by atoms with E-state index in [1.54, 1.807) is 0 Å². The highest BCUT2D eigenvalue weighted by atomic mass is 35.5. The molecule has 0 radical (unpaired) electrons. The molecule has 1 fully saturated rings. The molecule has 3 nitrogen and oxygen atoms in total. The van der Waals surface area contributed by atoms with Gasteiger partial charge in [-0.15, -0.1) is 0 Å². The van der Waals surface area contributed by atoms with Gasteiger partial charge in [0, 0.05) is 17.1 Å². The van der Waals surface area contributed by atoms with E-state index in [-0.39, 0.29) is 5.54 Å². The number of hydrogen-bond donors (Lipinski definition) is 1. The van der Waals surface area contributed by atoms with Crippen molar-refractivity contribution < 1.29 is 0 Å². The second-order valence-electron chi connectivity index (χ2n) is 6.11. The van der Waals surface area contributed by atoms with Gasteiger partial charge in [-0.25, -0.2) is 4.98 Å². The molecule has 1 heterocycles. The van der Waals surface area contributed by atoms with Crippen molar-refractivity contribution in [2.24, 2.45) is 11.7 Å². The van der Waals surface area contributed by atoms with E-state index >= 15 is 0 Å². The fourth-order valence-electron chi connectivity index (χ4n) is 3.67. The van der Waals surface area contributed by atoms with Crippen LogP contribution in [0.5, 0.6) is 0 Å². The molecule has 2 unspecified atom stereocenters. The molecule has 3 rings (SSSR count). The van der Waals surface area contributed by atoms with E-state index in [9.17, 15) is 0 Å². The molecule has 0 saturated heterocycles. The molecule has 1 aromatic carbocycles. The average Bonchev–Trinajstić information content (AvgIpc) is 2.98. The largest absolute Gasteiger partial charge is 0.328 e. The molecule has 0 spiro atoms. The lowest BCUT2D eigenvalue weighted by Crippen LogP contribution is -2.48. The lowest BCUT2D eigenvalue weighted by atomic mass is 9.73. The van der Waals surface area contributed by atoms with E-state index in [4.69, 9.17) is 17.3 Å². The Labute approximate surface area is 131 Å². The maximum atomic E-state index is 6.22. The zero-order valence-electron chi connectivity index (χ0n) is 12.4. The highest BCUT2D eigenvalue weighted by Crippen LogP contribution is 2.41.